The van der Waals surface area contributed by atoms with E-state index in [0.29, 0.717) is 12.6 Å². The Kier molecular flexibility index (Phi) is 5.86. The third kappa shape index (κ3) is 4.81. The molecule has 24 heavy (non-hydrogen) atoms. The van der Waals surface area contributed by atoms with Crippen LogP contribution in [0, 0.1) is 5.92 Å². The molecule has 2 amide bonds. The number of carbonyl (C=O) groups is 2. The van der Waals surface area contributed by atoms with Crippen molar-refractivity contribution in [2.45, 2.75) is 44.6 Å². The normalized spacial score (nSPS) is 20.0. The molecule has 1 aliphatic carbocycles. The van der Waals surface area contributed by atoms with Crippen LogP contribution in [0.2, 0.25) is 0 Å². The summed E-state index contributed by atoms with van der Waals surface area (Å²) in [5.74, 6) is 0.268. The van der Waals surface area contributed by atoms with Crippen LogP contribution in [-0.4, -0.2) is 42.4 Å². The number of likely N-dealkylation sites (tertiary alicyclic amines) is 1. The first-order valence-corrected chi connectivity index (χ1v) is 9.08. The molecule has 5 nitrogen and oxygen atoms in total. The van der Waals surface area contributed by atoms with Gasteiger partial charge in [-0.15, -0.1) is 0 Å². The highest BCUT2D eigenvalue weighted by molar-refractivity contribution is 5.92. The molecule has 2 fully saturated rings. The minimum atomic E-state index is 0.0411. The highest BCUT2D eigenvalue weighted by atomic mass is 16.2. The number of benzene rings is 1. The largest absolute Gasteiger partial charge is 0.352 e. The first-order chi connectivity index (χ1) is 11.7. The second kappa shape index (κ2) is 8.29. The van der Waals surface area contributed by atoms with Crippen molar-refractivity contribution < 1.29 is 9.59 Å². The summed E-state index contributed by atoms with van der Waals surface area (Å²) in [6.07, 6.45) is 6.32. The zero-order chi connectivity index (χ0) is 16.8. The van der Waals surface area contributed by atoms with Gasteiger partial charge < -0.3 is 10.6 Å². The maximum atomic E-state index is 12.3. The standard InChI is InChI=1S/C19H27N3O2/c23-18(20-16-8-4-5-9-16)14-22-12-10-15(11-13-22)19(24)21-17-6-2-1-3-7-17/h1-3,6-7,15-16H,4-5,8-14H2,(H,20,23)(H,21,24). The number of hydrogen-bond donors (Lipinski definition) is 2. The van der Waals surface area contributed by atoms with Crippen molar-refractivity contribution in [1.82, 2.24) is 10.2 Å². The van der Waals surface area contributed by atoms with E-state index in [-0.39, 0.29) is 17.7 Å². The van der Waals surface area contributed by atoms with Crippen LogP contribution in [0.15, 0.2) is 30.3 Å². The summed E-state index contributed by atoms with van der Waals surface area (Å²) < 4.78 is 0. The molecule has 1 aromatic rings. The third-order valence-electron chi connectivity index (χ3n) is 5.09. The highest BCUT2D eigenvalue weighted by Crippen LogP contribution is 2.20. The van der Waals surface area contributed by atoms with Crippen molar-refractivity contribution in [2.24, 2.45) is 5.92 Å². The summed E-state index contributed by atoms with van der Waals surface area (Å²) in [7, 11) is 0. The lowest BCUT2D eigenvalue weighted by Gasteiger charge is -2.31. The Labute approximate surface area is 143 Å². The number of rotatable bonds is 5. The first kappa shape index (κ1) is 17.0. The Bertz CT molecular complexity index is 547. The molecule has 5 heteroatoms. The van der Waals surface area contributed by atoms with Crippen LogP contribution in [0.3, 0.4) is 0 Å². The zero-order valence-corrected chi connectivity index (χ0v) is 14.2. The van der Waals surface area contributed by atoms with Crippen LogP contribution in [0.5, 0.6) is 0 Å². The molecule has 2 aliphatic rings. The molecule has 1 aliphatic heterocycles. The molecule has 1 saturated heterocycles. The van der Waals surface area contributed by atoms with Gasteiger partial charge in [0.15, 0.2) is 0 Å². The van der Waals surface area contributed by atoms with Gasteiger partial charge in [-0.05, 0) is 50.9 Å². The van der Waals surface area contributed by atoms with Crippen LogP contribution >= 0.6 is 0 Å². The van der Waals surface area contributed by atoms with Crippen molar-refractivity contribution in [1.29, 1.82) is 0 Å². The SMILES string of the molecule is O=C(CN1CCC(C(=O)Nc2ccccc2)CC1)NC1CCCC1. The Morgan fingerprint density at radius 3 is 2.33 bits per heavy atom. The molecule has 0 aromatic heterocycles. The summed E-state index contributed by atoms with van der Waals surface area (Å²) in [5, 5.41) is 6.11. The maximum absolute atomic E-state index is 12.3. The van der Waals surface area contributed by atoms with Crippen molar-refractivity contribution in [3.63, 3.8) is 0 Å². The van der Waals surface area contributed by atoms with Crippen LogP contribution < -0.4 is 10.6 Å². The van der Waals surface area contributed by atoms with E-state index >= 15 is 0 Å². The van der Waals surface area contributed by atoms with Gasteiger partial charge in [-0.2, -0.15) is 0 Å². The number of carbonyl (C=O) groups excluding carboxylic acids is 2. The second-order valence-electron chi connectivity index (χ2n) is 6.95. The van der Waals surface area contributed by atoms with E-state index in [4.69, 9.17) is 0 Å². The molecular weight excluding hydrogens is 302 g/mol. The van der Waals surface area contributed by atoms with Crippen molar-refractivity contribution in [3.05, 3.63) is 30.3 Å². The summed E-state index contributed by atoms with van der Waals surface area (Å²) in [5.41, 5.74) is 0.848. The third-order valence-corrected chi connectivity index (χ3v) is 5.09. The molecule has 0 atom stereocenters. The van der Waals surface area contributed by atoms with Gasteiger partial charge in [-0.1, -0.05) is 31.0 Å². The second-order valence-corrected chi connectivity index (χ2v) is 6.95. The van der Waals surface area contributed by atoms with Gasteiger partial charge in [0.25, 0.3) is 0 Å². The predicted molar refractivity (Wildman–Crippen MR) is 94.6 cm³/mol. The Balaban J connectivity index is 1.38. The van der Waals surface area contributed by atoms with E-state index < -0.39 is 0 Å². The highest BCUT2D eigenvalue weighted by Gasteiger charge is 2.26. The van der Waals surface area contributed by atoms with Crippen molar-refractivity contribution >= 4 is 17.5 Å². The van der Waals surface area contributed by atoms with Gasteiger partial charge in [0.1, 0.15) is 0 Å². The molecule has 1 aromatic carbocycles. The fourth-order valence-corrected chi connectivity index (χ4v) is 3.67. The number of nitrogens with one attached hydrogen (secondary N) is 2. The van der Waals surface area contributed by atoms with Gasteiger partial charge in [0.05, 0.1) is 6.54 Å². The average Bonchev–Trinajstić information content (AvgIpc) is 3.09. The fourth-order valence-electron chi connectivity index (χ4n) is 3.67. The molecule has 2 N–H and O–H groups in total. The van der Waals surface area contributed by atoms with Crippen LogP contribution in [0.4, 0.5) is 5.69 Å². The van der Waals surface area contributed by atoms with E-state index in [9.17, 15) is 9.59 Å². The summed E-state index contributed by atoms with van der Waals surface area (Å²) in [6, 6.07) is 9.96. The monoisotopic (exact) mass is 329 g/mol. The van der Waals surface area contributed by atoms with Gasteiger partial charge in [0.2, 0.25) is 11.8 Å². The fraction of sp³-hybridized carbons (Fsp3) is 0.579. The molecule has 0 unspecified atom stereocenters. The van der Waals surface area contributed by atoms with Gasteiger partial charge >= 0.3 is 0 Å². The van der Waals surface area contributed by atoms with Gasteiger partial charge in [-0.3, -0.25) is 14.5 Å². The van der Waals surface area contributed by atoms with Crippen molar-refractivity contribution in [3.8, 4) is 0 Å². The zero-order valence-electron chi connectivity index (χ0n) is 14.2. The van der Waals surface area contributed by atoms with E-state index in [1.807, 2.05) is 30.3 Å². The van der Waals surface area contributed by atoms with Crippen LogP contribution in [0.25, 0.3) is 0 Å². The molecule has 0 bridgehead atoms. The lowest BCUT2D eigenvalue weighted by Crippen LogP contribution is -2.45. The Hall–Kier alpha value is -1.88. The minimum Gasteiger partial charge on any atom is -0.352 e. The maximum Gasteiger partial charge on any atom is 0.234 e. The molecule has 1 saturated carbocycles. The van der Waals surface area contributed by atoms with Gasteiger partial charge in [-0.25, -0.2) is 0 Å². The first-order valence-electron chi connectivity index (χ1n) is 9.08. The van der Waals surface area contributed by atoms with Crippen LogP contribution in [0.1, 0.15) is 38.5 Å². The minimum absolute atomic E-state index is 0.0411. The van der Waals surface area contributed by atoms with E-state index in [1.54, 1.807) is 0 Å². The van der Waals surface area contributed by atoms with E-state index in [2.05, 4.69) is 15.5 Å². The van der Waals surface area contributed by atoms with Gasteiger partial charge in [0, 0.05) is 17.6 Å². The summed E-state index contributed by atoms with van der Waals surface area (Å²) >= 11 is 0. The Morgan fingerprint density at radius 1 is 1.00 bits per heavy atom. The lowest BCUT2D eigenvalue weighted by molar-refractivity contribution is -0.124. The molecule has 0 spiro atoms. The molecular formula is C19H27N3O2. The Morgan fingerprint density at radius 2 is 1.67 bits per heavy atom. The quantitative estimate of drug-likeness (QED) is 0.872. The van der Waals surface area contributed by atoms with E-state index in [0.717, 1.165) is 44.5 Å². The number of anilines is 1. The topological polar surface area (TPSA) is 61.4 Å². The molecule has 0 radical (unpaired) electrons. The predicted octanol–water partition coefficient (Wildman–Crippen LogP) is 2.40. The molecule has 1 heterocycles. The van der Waals surface area contributed by atoms with Crippen molar-refractivity contribution in [2.75, 3.05) is 25.0 Å². The summed E-state index contributed by atoms with van der Waals surface area (Å²) in [6.45, 7) is 2.08. The number of para-hydroxylation sites is 1. The lowest BCUT2D eigenvalue weighted by atomic mass is 9.96. The van der Waals surface area contributed by atoms with Crippen LogP contribution in [-0.2, 0) is 9.59 Å². The smallest absolute Gasteiger partial charge is 0.234 e. The molecule has 3 rings (SSSR count). The average molecular weight is 329 g/mol. The number of piperidine rings is 1. The van der Waals surface area contributed by atoms with E-state index in [1.165, 1.54) is 12.8 Å². The number of amides is 2. The summed E-state index contributed by atoms with van der Waals surface area (Å²) in [4.78, 5) is 26.6. The molecule has 130 valence electrons. The number of hydrogen-bond acceptors (Lipinski definition) is 3. The number of nitrogens with zero attached hydrogens (tertiary/aromatic N) is 1.